The normalized spacial score (nSPS) is 30.2. The highest BCUT2D eigenvalue weighted by Crippen LogP contribution is 2.51. The lowest BCUT2D eigenvalue weighted by Gasteiger charge is -2.51. The minimum absolute atomic E-state index is 0.0171. The average molecular weight is 236 g/mol. The van der Waals surface area contributed by atoms with Gasteiger partial charge in [-0.25, -0.2) is 0 Å². The zero-order valence-electron chi connectivity index (χ0n) is 12.7. The zero-order valence-corrected chi connectivity index (χ0v) is 12.7. The lowest BCUT2D eigenvalue weighted by atomic mass is 9.48. The van der Waals surface area contributed by atoms with Gasteiger partial charge in [-0.1, -0.05) is 57.9 Å². The average Bonchev–Trinajstić information content (AvgIpc) is 2.23. The van der Waals surface area contributed by atoms with Crippen LogP contribution in [0, 0.1) is 17.8 Å². The van der Waals surface area contributed by atoms with Gasteiger partial charge < -0.3 is 4.74 Å². The summed E-state index contributed by atoms with van der Waals surface area (Å²) in [6, 6.07) is 0. The highest BCUT2D eigenvalue weighted by molar-refractivity contribution is 6.36. The van der Waals surface area contributed by atoms with Crippen LogP contribution in [0.15, 0.2) is 11.6 Å². The molecule has 0 saturated carbocycles. The molecule has 17 heavy (non-hydrogen) atoms. The molecule has 0 fully saturated rings. The minimum atomic E-state index is 0.0171. The molecular formula is C15H29BO. The third-order valence-corrected chi connectivity index (χ3v) is 4.35. The summed E-state index contributed by atoms with van der Waals surface area (Å²) in [4.78, 5) is 0. The Morgan fingerprint density at radius 1 is 1.35 bits per heavy atom. The smallest absolute Gasteiger partial charge is 0.122 e. The summed E-state index contributed by atoms with van der Waals surface area (Å²) in [5.41, 5.74) is 1.55. The first kappa shape index (κ1) is 14.8. The maximum Gasteiger partial charge on any atom is 0.122 e. The van der Waals surface area contributed by atoms with Gasteiger partial charge in [0.25, 0.3) is 0 Å². The van der Waals surface area contributed by atoms with Crippen LogP contribution in [0.5, 0.6) is 0 Å². The van der Waals surface area contributed by atoms with Crippen LogP contribution in [-0.4, -0.2) is 20.0 Å². The van der Waals surface area contributed by atoms with Gasteiger partial charge in [0.1, 0.15) is 7.28 Å². The minimum Gasteiger partial charge on any atom is -0.374 e. The third-order valence-electron chi connectivity index (χ3n) is 4.35. The topological polar surface area (TPSA) is 9.23 Å². The van der Waals surface area contributed by atoms with Crippen LogP contribution in [0.1, 0.15) is 41.0 Å². The van der Waals surface area contributed by atoms with Crippen LogP contribution in [-0.2, 0) is 4.74 Å². The van der Waals surface area contributed by atoms with Crippen molar-refractivity contribution in [1.29, 1.82) is 0 Å². The molecule has 0 saturated heterocycles. The van der Waals surface area contributed by atoms with E-state index in [1.54, 1.807) is 0 Å². The fourth-order valence-corrected chi connectivity index (χ4v) is 3.74. The fourth-order valence-electron chi connectivity index (χ4n) is 3.74. The molecule has 0 spiro atoms. The van der Waals surface area contributed by atoms with Gasteiger partial charge in [0.05, 0.1) is 5.60 Å². The molecule has 1 nitrogen and oxygen atoms in total. The van der Waals surface area contributed by atoms with E-state index < -0.39 is 0 Å². The SMILES string of the molecule is CBC(C(C)C)C1C(C)=CC1(CC(C)C)OC. The Kier molecular flexibility index (Phi) is 4.89. The van der Waals surface area contributed by atoms with Crippen LogP contribution in [0.4, 0.5) is 0 Å². The van der Waals surface area contributed by atoms with Crippen molar-refractivity contribution in [2.75, 3.05) is 7.11 Å². The molecule has 3 atom stereocenters. The standard InChI is InChI=1S/C15H29BO/c1-10(2)8-15(17-7)9-12(5)13(15)14(16-6)11(3)4/h9-11,13-14,16H,8H2,1-7H3. The fraction of sp³-hybridized carbons (Fsp3) is 0.867. The van der Waals surface area contributed by atoms with E-state index in [1.807, 2.05) is 7.11 Å². The highest BCUT2D eigenvalue weighted by Gasteiger charge is 2.49. The summed E-state index contributed by atoms with van der Waals surface area (Å²) >= 11 is 0. The van der Waals surface area contributed by atoms with Gasteiger partial charge in [0, 0.05) is 13.0 Å². The quantitative estimate of drug-likeness (QED) is 0.501. The molecule has 0 N–H and O–H groups in total. The molecule has 0 heterocycles. The van der Waals surface area contributed by atoms with Gasteiger partial charge in [-0.3, -0.25) is 0 Å². The Balaban J connectivity index is 2.94. The number of hydrogen-bond donors (Lipinski definition) is 0. The van der Waals surface area contributed by atoms with Crippen LogP contribution in [0.25, 0.3) is 0 Å². The first-order chi connectivity index (χ1) is 7.88. The largest absolute Gasteiger partial charge is 0.374 e. The van der Waals surface area contributed by atoms with Gasteiger partial charge in [0.15, 0.2) is 0 Å². The van der Waals surface area contributed by atoms with Crippen LogP contribution < -0.4 is 0 Å². The molecule has 0 aromatic heterocycles. The summed E-state index contributed by atoms with van der Waals surface area (Å²) in [5, 5.41) is 0. The van der Waals surface area contributed by atoms with E-state index in [1.165, 1.54) is 12.9 Å². The Hall–Kier alpha value is -0.235. The van der Waals surface area contributed by atoms with E-state index in [4.69, 9.17) is 4.74 Å². The second kappa shape index (κ2) is 5.60. The van der Waals surface area contributed by atoms with Gasteiger partial charge >= 0.3 is 0 Å². The maximum atomic E-state index is 5.92. The van der Waals surface area contributed by atoms with Gasteiger partial charge in [-0.2, -0.15) is 0 Å². The molecule has 1 rings (SSSR count). The first-order valence-electron chi connectivity index (χ1n) is 7.12. The van der Waals surface area contributed by atoms with Gasteiger partial charge in [-0.15, -0.1) is 0 Å². The van der Waals surface area contributed by atoms with Gasteiger partial charge in [0.2, 0.25) is 0 Å². The lowest BCUT2D eigenvalue weighted by Crippen LogP contribution is -2.50. The molecule has 2 heteroatoms. The molecule has 0 aliphatic heterocycles. The first-order valence-corrected chi connectivity index (χ1v) is 7.12. The molecule has 0 bridgehead atoms. The molecule has 0 amide bonds. The predicted octanol–water partition coefficient (Wildman–Crippen LogP) is 3.92. The van der Waals surface area contributed by atoms with Crippen molar-refractivity contribution in [1.82, 2.24) is 0 Å². The summed E-state index contributed by atoms with van der Waals surface area (Å²) < 4.78 is 5.92. The Labute approximate surface area is 108 Å². The monoisotopic (exact) mass is 236 g/mol. The molecular weight excluding hydrogens is 207 g/mol. The molecule has 1 aliphatic rings. The summed E-state index contributed by atoms with van der Waals surface area (Å²) in [5.74, 6) is 2.79. The Morgan fingerprint density at radius 3 is 2.24 bits per heavy atom. The Bertz CT molecular complexity index is 283. The third kappa shape index (κ3) is 2.78. The summed E-state index contributed by atoms with van der Waals surface area (Å²) in [6.45, 7) is 13.8. The molecule has 0 radical (unpaired) electrons. The van der Waals surface area contributed by atoms with E-state index >= 15 is 0 Å². The van der Waals surface area contributed by atoms with E-state index in [9.17, 15) is 0 Å². The van der Waals surface area contributed by atoms with Crippen LogP contribution >= 0.6 is 0 Å². The molecule has 0 aromatic carbocycles. The van der Waals surface area contributed by atoms with E-state index in [0.29, 0.717) is 11.8 Å². The molecule has 0 aromatic rings. The number of hydrogen-bond acceptors (Lipinski definition) is 1. The van der Waals surface area contributed by atoms with Crippen LogP contribution in [0.2, 0.25) is 12.6 Å². The maximum absolute atomic E-state index is 5.92. The second-order valence-corrected chi connectivity index (χ2v) is 6.44. The van der Waals surface area contributed by atoms with Crippen molar-refractivity contribution in [3.05, 3.63) is 11.6 Å². The summed E-state index contributed by atoms with van der Waals surface area (Å²) in [6.07, 6.45) is 3.51. The predicted molar refractivity (Wildman–Crippen MR) is 78.0 cm³/mol. The molecule has 1 aliphatic carbocycles. The van der Waals surface area contributed by atoms with E-state index in [2.05, 4.69) is 47.5 Å². The van der Waals surface area contributed by atoms with Crippen molar-refractivity contribution in [2.45, 2.75) is 59.3 Å². The van der Waals surface area contributed by atoms with Crippen LogP contribution in [0.3, 0.4) is 0 Å². The molecule has 98 valence electrons. The Morgan fingerprint density at radius 2 is 1.94 bits per heavy atom. The second-order valence-electron chi connectivity index (χ2n) is 6.44. The number of methoxy groups -OCH3 is 1. The highest BCUT2D eigenvalue weighted by atomic mass is 16.5. The number of rotatable bonds is 6. The summed E-state index contributed by atoms with van der Waals surface area (Å²) in [7, 11) is 3.13. The molecule has 3 unspecified atom stereocenters. The van der Waals surface area contributed by atoms with Crippen molar-refractivity contribution >= 4 is 7.28 Å². The van der Waals surface area contributed by atoms with Crippen molar-refractivity contribution in [2.24, 2.45) is 17.8 Å². The van der Waals surface area contributed by atoms with Crippen molar-refractivity contribution < 1.29 is 4.74 Å². The van der Waals surface area contributed by atoms with E-state index in [0.717, 1.165) is 18.2 Å². The van der Waals surface area contributed by atoms with Crippen molar-refractivity contribution in [3.8, 4) is 0 Å². The lowest BCUT2D eigenvalue weighted by molar-refractivity contribution is -0.0478. The zero-order chi connectivity index (χ0) is 13.2. The number of ether oxygens (including phenoxy) is 1. The van der Waals surface area contributed by atoms with Gasteiger partial charge in [-0.05, 0) is 19.3 Å². The van der Waals surface area contributed by atoms with E-state index in [-0.39, 0.29) is 5.60 Å². The van der Waals surface area contributed by atoms with Crippen molar-refractivity contribution in [3.63, 3.8) is 0 Å².